The van der Waals surface area contributed by atoms with Crippen molar-refractivity contribution < 1.29 is 9.59 Å². The zero-order valence-corrected chi connectivity index (χ0v) is 11.7. The number of amides is 2. The number of carbonyl (C=O) groups is 2. The van der Waals surface area contributed by atoms with E-state index in [2.05, 4.69) is 11.4 Å². The number of hydrogen-bond donors (Lipinski definition) is 1. The number of nitrogens with zero attached hydrogens (tertiary/aromatic N) is 1. The Balaban J connectivity index is 2.18. The molecule has 1 atom stereocenters. The summed E-state index contributed by atoms with van der Waals surface area (Å²) in [6.45, 7) is 6.99. The number of hydrogen-bond acceptors (Lipinski definition) is 2. The fourth-order valence-electron chi connectivity index (χ4n) is 2.56. The average Bonchev–Trinajstić information content (AvgIpc) is 2.70. The van der Waals surface area contributed by atoms with Crippen molar-refractivity contribution in [3.63, 3.8) is 0 Å². The van der Waals surface area contributed by atoms with E-state index in [1.165, 1.54) is 0 Å². The third-order valence-electron chi connectivity index (χ3n) is 3.36. The van der Waals surface area contributed by atoms with Crippen LogP contribution in [0.1, 0.15) is 24.5 Å². The fourth-order valence-corrected chi connectivity index (χ4v) is 2.56. The van der Waals surface area contributed by atoms with Crippen LogP contribution in [0.15, 0.2) is 18.2 Å². The lowest BCUT2D eigenvalue weighted by molar-refractivity contribution is -0.126. The molecule has 19 heavy (non-hydrogen) atoms. The van der Waals surface area contributed by atoms with Crippen molar-refractivity contribution in [3.8, 4) is 0 Å². The first kappa shape index (κ1) is 13.6. The van der Waals surface area contributed by atoms with Gasteiger partial charge in [-0.3, -0.25) is 9.59 Å². The van der Waals surface area contributed by atoms with Crippen molar-refractivity contribution in [2.45, 2.75) is 27.2 Å². The molecule has 0 radical (unpaired) electrons. The summed E-state index contributed by atoms with van der Waals surface area (Å²) < 4.78 is 0. The molecule has 4 heteroatoms. The third-order valence-corrected chi connectivity index (χ3v) is 3.36. The topological polar surface area (TPSA) is 49.4 Å². The molecule has 0 aliphatic carbocycles. The molecule has 2 amide bonds. The second-order valence-corrected chi connectivity index (χ2v) is 5.15. The molecule has 1 N–H and O–H groups in total. The summed E-state index contributed by atoms with van der Waals surface area (Å²) in [5, 5.41) is 2.78. The summed E-state index contributed by atoms with van der Waals surface area (Å²) in [6.07, 6.45) is 0.304. The lowest BCUT2D eigenvalue weighted by Crippen LogP contribution is -2.32. The average molecular weight is 260 g/mol. The van der Waals surface area contributed by atoms with E-state index in [4.69, 9.17) is 0 Å². The van der Waals surface area contributed by atoms with E-state index >= 15 is 0 Å². The van der Waals surface area contributed by atoms with Crippen molar-refractivity contribution in [1.29, 1.82) is 0 Å². The minimum absolute atomic E-state index is 0.0253. The zero-order chi connectivity index (χ0) is 14.0. The Kier molecular flexibility index (Phi) is 3.88. The Morgan fingerprint density at radius 2 is 1.95 bits per heavy atom. The highest BCUT2D eigenvalue weighted by molar-refractivity contribution is 6.00. The SMILES string of the molecule is CCNC(=O)[C@@H]1CC(=O)N(c2cc(C)cc(C)c2)C1. The number of anilines is 1. The molecule has 4 nitrogen and oxygen atoms in total. The Morgan fingerprint density at radius 3 is 2.53 bits per heavy atom. The second kappa shape index (κ2) is 5.43. The van der Waals surface area contributed by atoms with E-state index < -0.39 is 0 Å². The lowest BCUT2D eigenvalue weighted by atomic mass is 10.1. The van der Waals surface area contributed by atoms with Crippen LogP contribution in [0.2, 0.25) is 0 Å². The van der Waals surface area contributed by atoms with Gasteiger partial charge in [0.1, 0.15) is 0 Å². The van der Waals surface area contributed by atoms with Crippen molar-refractivity contribution in [1.82, 2.24) is 5.32 Å². The summed E-state index contributed by atoms with van der Waals surface area (Å²) in [7, 11) is 0. The summed E-state index contributed by atoms with van der Waals surface area (Å²) in [4.78, 5) is 25.6. The van der Waals surface area contributed by atoms with Crippen molar-refractivity contribution in [3.05, 3.63) is 29.3 Å². The van der Waals surface area contributed by atoms with Gasteiger partial charge in [-0.15, -0.1) is 0 Å². The molecule has 1 fully saturated rings. The number of nitrogens with one attached hydrogen (secondary N) is 1. The maximum atomic E-state index is 12.1. The van der Waals surface area contributed by atoms with Crippen LogP contribution in [0, 0.1) is 19.8 Å². The van der Waals surface area contributed by atoms with E-state index in [1.54, 1.807) is 4.90 Å². The monoisotopic (exact) mass is 260 g/mol. The van der Waals surface area contributed by atoms with Crippen LogP contribution < -0.4 is 10.2 Å². The standard InChI is InChI=1S/C15H20N2O2/c1-4-16-15(19)12-8-14(18)17(9-12)13-6-10(2)5-11(3)7-13/h5-7,12H,4,8-9H2,1-3H3,(H,16,19)/t12-/m1/s1. The van der Waals surface area contributed by atoms with Gasteiger partial charge in [0.2, 0.25) is 11.8 Å². The number of benzene rings is 1. The highest BCUT2D eigenvalue weighted by Gasteiger charge is 2.34. The first-order valence-corrected chi connectivity index (χ1v) is 6.67. The maximum Gasteiger partial charge on any atom is 0.227 e. The van der Waals surface area contributed by atoms with Crippen LogP contribution >= 0.6 is 0 Å². The van der Waals surface area contributed by atoms with E-state index in [9.17, 15) is 9.59 Å². The Labute approximate surface area is 113 Å². The minimum Gasteiger partial charge on any atom is -0.356 e. The fraction of sp³-hybridized carbons (Fsp3) is 0.467. The Bertz CT molecular complexity index is 491. The molecule has 0 spiro atoms. The van der Waals surface area contributed by atoms with Crippen molar-refractivity contribution in [2.75, 3.05) is 18.0 Å². The van der Waals surface area contributed by atoms with Gasteiger partial charge in [-0.2, -0.15) is 0 Å². The van der Waals surface area contributed by atoms with Gasteiger partial charge in [0, 0.05) is 25.2 Å². The van der Waals surface area contributed by atoms with Crippen molar-refractivity contribution >= 4 is 17.5 Å². The van der Waals surface area contributed by atoms with Gasteiger partial charge in [-0.1, -0.05) is 6.07 Å². The lowest BCUT2D eigenvalue weighted by Gasteiger charge is -2.18. The highest BCUT2D eigenvalue weighted by Crippen LogP contribution is 2.26. The summed E-state index contributed by atoms with van der Waals surface area (Å²) in [5.74, 6) is -0.225. The summed E-state index contributed by atoms with van der Waals surface area (Å²) >= 11 is 0. The largest absolute Gasteiger partial charge is 0.356 e. The van der Waals surface area contributed by atoms with Gasteiger partial charge >= 0.3 is 0 Å². The molecule has 2 rings (SSSR count). The smallest absolute Gasteiger partial charge is 0.227 e. The molecular formula is C15H20N2O2. The maximum absolute atomic E-state index is 12.1. The van der Waals surface area contributed by atoms with Crippen LogP contribution in [0.4, 0.5) is 5.69 Å². The predicted octanol–water partition coefficient (Wildman–Crippen LogP) is 1.79. The number of rotatable bonds is 3. The molecule has 1 aliphatic heterocycles. The van der Waals surface area contributed by atoms with Gasteiger partial charge in [0.15, 0.2) is 0 Å². The van der Waals surface area contributed by atoms with Crippen LogP contribution in [0.5, 0.6) is 0 Å². The molecule has 0 aromatic heterocycles. The number of carbonyl (C=O) groups excluding carboxylic acids is 2. The normalized spacial score (nSPS) is 18.8. The van der Waals surface area contributed by atoms with Gasteiger partial charge in [-0.05, 0) is 44.0 Å². The molecule has 1 heterocycles. The molecule has 0 unspecified atom stereocenters. The molecular weight excluding hydrogens is 240 g/mol. The van der Waals surface area contributed by atoms with Gasteiger partial charge in [-0.25, -0.2) is 0 Å². The van der Waals surface area contributed by atoms with E-state index in [-0.39, 0.29) is 17.7 Å². The van der Waals surface area contributed by atoms with Crippen LogP contribution in [-0.2, 0) is 9.59 Å². The third kappa shape index (κ3) is 2.95. The molecule has 1 aromatic rings. The van der Waals surface area contributed by atoms with Gasteiger partial charge in [0.25, 0.3) is 0 Å². The Hall–Kier alpha value is -1.84. The van der Waals surface area contributed by atoms with E-state index in [0.717, 1.165) is 16.8 Å². The number of aryl methyl sites for hydroxylation is 2. The van der Waals surface area contributed by atoms with Gasteiger partial charge < -0.3 is 10.2 Å². The molecule has 0 bridgehead atoms. The quantitative estimate of drug-likeness (QED) is 0.900. The molecule has 1 aliphatic rings. The highest BCUT2D eigenvalue weighted by atomic mass is 16.2. The molecule has 1 aromatic carbocycles. The predicted molar refractivity (Wildman–Crippen MR) is 75.1 cm³/mol. The second-order valence-electron chi connectivity index (χ2n) is 5.15. The summed E-state index contributed by atoms with van der Waals surface area (Å²) in [6, 6.07) is 6.06. The van der Waals surface area contributed by atoms with E-state index in [1.807, 2.05) is 32.9 Å². The van der Waals surface area contributed by atoms with Crippen molar-refractivity contribution in [2.24, 2.45) is 5.92 Å². The van der Waals surface area contributed by atoms with Crippen LogP contribution in [0.3, 0.4) is 0 Å². The molecule has 1 saturated heterocycles. The van der Waals surface area contributed by atoms with Crippen LogP contribution in [-0.4, -0.2) is 24.9 Å². The minimum atomic E-state index is -0.228. The van der Waals surface area contributed by atoms with Gasteiger partial charge in [0.05, 0.1) is 5.92 Å². The van der Waals surface area contributed by atoms with E-state index in [0.29, 0.717) is 19.5 Å². The van der Waals surface area contributed by atoms with Crippen LogP contribution in [0.25, 0.3) is 0 Å². The first-order chi connectivity index (χ1) is 9.01. The zero-order valence-electron chi connectivity index (χ0n) is 11.7. The Morgan fingerprint density at radius 1 is 1.32 bits per heavy atom. The summed E-state index contributed by atoms with van der Waals surface area (Å²) in [5.41, 5.74) is 3.16. The first-order valence-electron chi connectivity index (χ1n) is 6.67. The molecule has 102 valence electrons. The molecule has 0 saturated carbocycles.